The first-order valence-electron chi connectivity index (χ1n) is 9.84. The summed E-state index contributed by atoms with van der Waals surface area (Å²) in [6, 6.07) is 17.0. The largest absolute Gasteiger partial charge is 0.451 e. The predicted octanol–water partition coefficient (Wildman–Crippen LogP) is 4.19. The number of halogens is 1. The van der Waals surface area contributed by atoms with E-state index in [4.69, 9.17) is 9.47 Å². The minimum absolute atomic E-state index is 0.396. The fraction of sp³-hybridized carbons (Fsp3) is 0.217. The van der Waals surface area contributed by atoms with Crippen LogP contribution >= 0.6 is 11.3 Å². The van der Waals surface area contributed by atoms with Crippen molar-refractivity contribution in [1.82, 2.24) is 0 Å². The molecule has 1 aromatic heterocycles. The van der Waals surface area contributed by atoms with Gasteiger partial charge in [0.25, 0.3) is 5.91 Å². The number of nitrogens with zero attached hydrogens (tertiary/aromatic N) is 1. The van der Waals surface area contributed by atoms with Crippen LogP contribution in [0.2, 0.25) is 0 Å². The van der Waals surface area contributed by atoms with Gasteiger partial charge in [-0.05, 0) is 35.9 Å². The Labute approximate surface area is 183 Å². The van der Waals surface area contributed by atoms with Crippen LogP contribution in [0.1, 0.15) is 9.67 Å². The van der Waals surface area contributed by atoms with Crippen molar-refractivity contribution in [2.24, 2.45) is 0 Å². The fourth-order valence-electron chi connectivity index (χ4n) is 3.24. The zero-order valence-corrected chi connectivity index (χ0v) is 17.5. The number of thiophene rings is 1. The molecule has 1 aliphatic heterocycles. The van der Waals surface area contributed by atoms with E-state index in [0.29, 0.717) is 23.8 Å². The minimum Gasteiger partial charge on any atom is -0.451 e. The first kappa shape index (κ1) is 21.0. The highest BCUT2D eigenvalue weighted by molar-refractivity contribution is 7.18. The molecule has 1 fully saturated rings. The molecule has 1 saturated heterocycles. The number of benzene rings is 2. The summed E-state index contributed by atoms with van der Waals surface area (Å²) < 4.78 is 23.6. The second kappa shape index (κ2) is 9.72. The lowest BCUT2D eigenvalue weighted by Gasteiger charge is -2.28. The van der Waals surface area contributed by atoms with Crippen molar-refractivity contribution < 1.29 is 23.5 Å². The van der Waals surface area contributed by atoms with E-state index < -0.39 is 24.3 Å². The third-order valence-electron chi connectivity index (χ3n) is 4.76. The molecule has 1 N–H and O–H groups in total. The first-order valence-corrected chi connectivity index (χ1v) is 10.7. The molecule has 0 saturated carbocycles. The molecule has 8 heteroatoms. The van der Waals surface area contributed by atoms with Crippen molar-refractivity contribution >= 4 is 33.9 Å². The maximum Gasteiger partial charge on any atom is 0.348 e. The average molecular weight is 440 g/mol. The maximum atomic E-state index is 13.0. The van der Waals surface area contributed by atoms with E-state index >= 15 is 0 Å². The van der Waals surface area contributed by atoms with Crippen LogP contribution in [-0.4, -0.2) is 44.8 Å². The Bertz CT molecular complexity index is 1050. The van der Waals surface area contributed by atoms with Crippen molar-refractivity contribution in [2.75, 3.05) is 43.1 Å². The average Bonchev–Trinajstić information content (AvgIpc) is 3.26. The van der Waals surface area contributed by atoms with Crippen LogP contribution in [0.25, 0.3) is 11.1 Å². The molecule has 0 radical (unpaired) electrons. The number of ether oxygens (including phenoxy) is 2. The van der Waals surface area contributed by atoms with Gasteiger partial charge in [0, 0.05) is 24.3 Å². The highest BCUT2D eigenvalue weighted by Crippen LogP contribution is 2.39. The summed E-state index contributed by atoms with van der Waals surface area (Å²) in [5, 5.41) is 3.55. The van der Waals surface area contributed by atoms with Crippen molar-refractivity contribution in [3.8, 4) is 11.1 Å². The Balaban J connectivity index is 1.46. The highest BCUT2D eigenvalue weighted by atomic mass is 32.1. The SMILES string of the molecule is O=C(COC(=O)c1cc(-c2ccccc2)c(N2CCOCC2)s1)Nc1ccc(F)cc1. The van der Waals surface area contributed by atoms with Gasteiger partial charge < -0.3 is 19.7 Å². The highest BCUT2D eigenvalue weighted by Gasteiger charge is 2.23. The second-order valence-electron chi connectivity index (χ2n) is 6.93. The lowest BCUT2D eigenvalue weighted by Crippen LogP contribution is -2.35. The Morgan fingerprint density at radius 2 is 1.77 bits per heavy atom. The van der Waals surface area contributed by atoms with Crippen LogP contribution in [0.15, 0.2) is 60.7 Å². The molecule has 0 aliphatic carbocycles. The Kier molecular flexibility index (Phi) is 6.59. The molecule has 160 valence electrons. The smallest absolute Gasteiger partial charge is 0.348 e. The number of hydrogen-bond acceptors (Lipinski definition) is 6. The lowest BCUT2D eigenvalue weighted by molar-refractivity contribution is -0.119. The van der Waals surface area contributed by atoms with Gasteiger partial charge in [-0.15, -0.1) is 11.3 Å². The van der Waals surface area contributed by atoms with Crippen LogP contribution in [0.4, 0.5) is 15.1 Å². The predicted molar refractivity (Wildman–Crippen MR) is 118 cm³/mol. The quantitative estimate of drug-likeness (QED) is 0.583. The third kappa shape index (κ3) is 5.28. The monoisotopic (exact) mass is 440 g/mol. The Morgan fingerprint density at radius 1 is 1.06 bits per heavy atom. The molecular formula is C23H21FN2O4S. The summed E-state index contributed by atoms with van der Waals surface area (Å²) in [6.07, 6.45) is 0. The van der Waals surface area contributed by atoms with Crippen LogP contribution in [-0.2, 0) is 14.3 Å². The van der Waals surface area contributed by atoms with Gasteiger partial charge in [0.05, 0.1) is 18.2 Å². The summed E-state index contributed by atoms with van der Waals surface area (Å²) >= 11 is 1.35. The molecule has 31 heavy (non-hydrogen) atoms. The van der Waals surface area contributed by atoms with Gasteiger partial charge in [-0.2, -0.15) is 0 Å². The van der Waals surface area contributed by atoms with E-state index in [-0.39, 0.29) is 0 Å². The number of amides is 1. The molecular weight excluding hydrogens is 419 g/mol. The summed E-state index contributed by atoms with van der Waals surface area (Å²) in [7, 11) is 0. The number of morpholine rings is 1. The zero-order chi connectivity index (χ0) is 21.6. The van der Waals surface area contributed by atoms with Gasteiger partial charge in [0.1, 0.15) is 10.7 Å². The normalized spacial score (nSPS) is 13.6. The van der Waals surface area contributed by atoms with Gasteiger partial charge in [-0.1, -0.05) is 30.3 Å². The summed E-state index contributed by atoms with van der Waals surface area (Å²) in [6.45, 7) is 2.33. The number of nitrogens with one attached hydrogen (secondary N) is 1. The van der Waals surface area contributed by atoms with E-state index in [1.165, 1.54) is 35.6 Å². The van der Waals surface area contributed by atoms with Gasteiger partial charge in [0.15, 0.2) is 6.61 Å². The lowest BCUT2D eigenvalue weighted by atomic mass is 10.1. The standard InChI is InChI=1S/C23H21FN2O4S/c24-17-6-8-18(9-7-17)25-21(27)15-30-23(28)20-14-19(16-4-2-1-3-5-16)22(31-20)26-10-12-29-13-11-26/h1-9,14H,10-13,15H2,(H,25,27). The third-order valence-corrected chi connectivity index (χ3v) is 5.93. The molecule has 6 nitrogen and oxygen atoms in total. The van der Waals surface area contributed by atoms with E-state index in [2.05, 4.69) is 10.2 Å². The Hall–Kier alpha value is -3.23. The summed E-state index contributed by atoms with van der Waals surface area (Å²) in [5.41, 5.74) is 2.39. The molecule has 2 aromatic carbocycles. The van der Waals surface area contributed by atoms with Crippen molar-refractivity contribution in [3.63, 3.8) is 0 Å². The topological polar surface area (TPSA) is 67.9 Å². The van der Waals surface area contributed by atoms with E-state index in [0.717, 1.165) is 29.2 Å². The van der Waals surface area contributed by atoms with E-state index in [1.54, 1.807) is 0 Å². The molecule has 1 aliphatic rings. The number of carbonyl (C=O) groups is 2. The number of anilines is 2. The molecule has 4 rings (SSSR count). The molecule has 0 atom stereocenters. The molecule has 0 unspecified atom stereocenters. The van der Waals surface area contributed by atoms with Crippen LogP contribution in [0, 0.1) is 5.82 Å². The molecule has 3 aromatic rings. The molecule has 1 amide bonds. The second-order valence-corrected chi connectivity index (χ2v) is 7.96. The Morgan fingerprint density at radius 3 is 2.48 bits per heavy atom. The van der Waals surface area contributed by atoms with E-state index in [9.17, 15) is 14.0 Å². The van der Waals surface area contributed by atoms with Crippen LogP contribution in [0.3, 0.4) is 0 Å². The molecule has 0 bridgehead atoms. The van der Waals surface area contributed by atoms with Crippen LogP contribution in [0.5, 0.6) is 0 Å². The molecule has 0 spiro atoms. The fourth-order valence-corrected chi connectivity index (χ4v) is 4.37. The van der Waals surface area contributed by atoms with Crippen LogP contribution < -0.4 is 10.2 Å². The minimum atomic E-state index is -0.559. The van der Waals surface area contributed by atoms with Crippen molar-refractivity contribution in [2.45, 2.75) is 0 Å². The van der Waals surface area contributed by atoms with Gasteiger partial charge in [-0.25, -0.2) is 9.18 Å². The number of hydrogen-bond donors (Lipinski definition) is 1. The number of rotatable bonds is 6. The van der Waals surface area contributed by atoms with Crippen molar-refractivity contribution in [1.29, 1.82) is 0 Å². The van der Waals surface area contributed by atoms with Crippen molar-refractivity contribution in [3.05, 3.63) is 71.4 Å². The summed E-state index contributed by atoms with van der Waals surface area (Å²) in [5.74, 6) is -1.45. The maximum absolute atomic E-state index is 13.0. The first-order chi connectivity index (χ1) is 15.1. The summed E-state index contributed by atoms with van der Waals surface area (Å²) in [4.78, 5) is 27.3. The van der Waals surface area contributed by atoms with Gasteiger partial charge >= 0.3 is 5.97 Å². The number of carbonyl (C=O) groups excluding carboxylic acids is 2. The van der Waals surface area contributed by atoms with E-state index in [1.807, 2.05) is 36.4 Å². The zero-order valence-electron chi connectivity index (χ0n) is 16.7. The number of esters is 1. The van der Waals surface area contributed by atoms with Gasteiger partial charge in [0.2, 0.25) is 0 Å². The van der Waals surface area contributed by atoms with Gasteiger partial charge in [-0.3, -0.25) is 4.79 Å². The molecule has 2 heterocycles.